The van der Waals surface area contributed by atoms with Crippen molar-refractivity contribution in [3.8, 4) is 5.75 Å². The van der Waals surface area contributed by atoms with E-state index >= 15 is 0 Å². The molecule has 0 saturated carbocycles. The Bertz CT molecular complexity index is 772. The molecule has 2 aromatic carbocycles. The highest BCUT2D eigenvalue weighted by atomic mass is 79.9. The predicted octanol–water partition coefficient (Wildman–Crippen LogP) is 3.98. The van der Waals surface area contributed by atoms with Crippen LogP contribution in [0.25, 0.3) is 0 Å². The lowest BCUT2D eigenvalue weighted by Gasteiger charge is -2.24. The third kappa shape index (κ3) is 3.29. The fraction of sp³-hybridized carbons (Fsp3) is 0.294. The molecule has 1 aliphatic heterocycles. The summed E-state index contributed by atoms with van der Waals surface area (Å²) < 4.78 is 33.5. The smallest absolute Gasteiger partial charge is 0.243 e. The lowest BCUT2D eigenvalue weighted by atomic mass is 10.1. The molecule has 0 aromatic heterocycles. The summed E-state index contributed by atoms with van der Waals surface area (Å²) in [4.78, 5) is 0.334. The van der Waals surface area contributed by atoms with E-state index in [-0.39, 0.29) is 6.04 Å². The number of hydrogen-bond donors (Lipinski definition) is 0. The third-order valence-corrected chi connectivity index (χ3v) is 6.58. The van der Waals surface area contributed by atoms with Gasteiger partial charge in [0.2, 0.25) is 10.0 Å². The number of halogens is 1. The summed E-state index contributed by atoms with van der Waals surface area (Å²) in [6.07, 6.45) is 1.70. The molecule has 23 heavy (non-hydrogen) atoms. The first kappa shape index (κ1) is 16.5. The second kappa shape index (κ2) is 6.63. The second-order valence-electron chi connectivity index (χ2n) is 5.50. The minimum absolute atomic E-state index is 0.116. The van der Waals surface area contributed by atoms with Gasteiger partial charge in [0.1, 0.15) is 5.75 Å². The van der Waals surface area contributed by atoms with Gasteiger partial charge in [0.25, 0.3) is 0 Å². The molecule has 1 saturated heterocycles. The predicted molar refractivity (Wildman–Crippen MR) is 93.0 cm³/mol. The second-order valence-corrected chi connectivity index (χ2v) is 8.31. The first-order valence-electron chi connectivity index (χ1n) is 7.44. The summed E-state index contributed by atoms with van der Waals surface area (Å²) in [6, 6.07) is 14.3. The van der Waals surface area contributed by atoms with E-state index in [1.807, 2.05) is 24.3 Å². The number of benzene rings is 2. The Morgan fingerprint density at radius 3 is 2.35 bits per heavy atom. The first-order valence-corrected chi connectivity index (χ1v) is 9.67. The van der Waals surface area contributed by atoms with E-state index in [0.29, 0.717) is 11.4 Å². The van der Waals surface area contributed by atoms with Gasteiger partial charge in [-0.3, -0.25) is 0 Å². The van der Waals surface area contributed by atoms with Gasteiger partial charge in [-0.15, -0.1) is 0 Å². The van der Waals surface area contributed by atoms with Gasteiger partial charge in [-0.1, -0.05) is 28.1 Å². The molecule has 0 N–H and O–H groups in total. The summed E-state index contributed by atoms with van der Waals surface area (Å²) in [7, 11) is -1.87. The molecule has 1 fully saturated rings. The number of sulfonamides is 1. The van der Waals surface area contributed by atoms with Crippen molar-refractivity contribution in [3.63, 3.8) is 0 Å². The molecule has 6 heteroatoms. The number of ether oxygens (including phenoxy) is 1. The molecule has 0 spiro atoms. The number of rotatable bonds is 4. The highest BCUT2D eigenvalue weighted by molar-refractivity contribution is 9.10. The number of methoxy groups -OCH3 is 1. The van der Waals surface area contributed by atoms with E-state index in [1.54, 1.807) is 35.7 Å². The molecule has 1 atom stereocenters. The molecule has 1 unspecified atom stereocenters. The fourth-order valence-corrected chi connectivity index (χ4v) is 4.88. The minimum Gasteiger partial charge on any atom is -0.497 e. The molecule has 0 radical (unpaired) electrons. The quantitative estimate of drug-likeness (QED) is 0.786. The van der Waals surface area contributed by atoms with E-state index in [0.717, 1.165) is 28.6 Å². The molecular weight excluding hydrogens is 378 g/mol. The van der Waals surface area contributed by atoms with Crippen LogP contribution in [0.5, 0.6) is 5.75 Å². The number of nitrogens with zero attached hydrogens (tertiary/aromatic N) is 1. The van der Waals surface area contributed by atoms with Crippen molar-refractivity contribution in [2.24, 2.45) is 0 Å². The van der Waals surface area contributed by atoms with Gasteiger partial charge in [-0.05, 0) is 54.8 Å². The highest BCUT2D eigenvalue weighted by Gasteiger charge is 2.36. The van der Waals surface area contributed by atoms with Gasteiger partial charge in [0.05, 0.1) is 18.0 Å². The molecular formula is C17H18BrNO3S. The van der Waals surface area contributed by atoms with Crippen molar-refractivity contribution < 1.29 is 13.2 Å². The van der Waals surface area contributed by atoms with E-state index in [9.17, 15) is 8.42 Å². The van der Waals surface area contributed by atoms with Crippen molar-refractivity contribution in [2.45, 2.75) is 23.8 Å². The van der Waals surface area contributed by atoms with Crippen LogP contribution in [0, 0.1) is 0 Å². The van der Waals surface area contributed by atoms with Gasteiger partial charge >= 0.3 is 0 Å². The maximum Gasteiger partial charge on any atom is 0.243 e. The Hall–Kier alpha value is -1.37. The molecule has 4 nitrogen and oxygen atoms in total. The van der Waals surface area contributed by atoms with Crippen LogP contribution >= 0.6 is 15.9 Å². The van der Waals surface area contributed by atoms with Gasteiger partial charge < -0.3 is 4.74 Å². The summed E-state index contributed by atoms with van der Waals surface area (Å²) in [5.74, 6) is 0.772. The van der Waals surface area contributed by atoms with Crippen LogP contribution in [0.3, 0.4) is 0 Å². The van der Waals surface area contributed by atoms with Crippen molar-refractivity contribution in [1.29, 1.82) is 0 Å². The summed E-state index contributed by atoms with van der Waals surface area (Å²) in [6.45, 7) is 0.551. The van der Waals surface area contributed by atoms with Gasteiger partial charge in [-0.2, -0.15) is 4.31 Å². The van der Waals surface area contributed by atoms with Crippen molar-refractivity contribution in [3.05, 3.63) is 58.6 Å². The fourth-order valence-electron chi connectivity index (χ4n) is 2.93. The lowest BCUT2D eigenvalue weighted by Crippen LogP contribution is -2.30. The van der Waals surface area contributed by atoms with Crippen molar-refractivity contribution in [2.75, 3.05) is 13.7 Å². The SMILES string of the molecule is COc1ccc(C2CCCN2S(=O)(=O)c2ccc(Br)cc2)cc1. The Labute approximate surface area is 145 Å². The Morgan fingerprint density at radius 1 is 1.09 bits per heavy atom. The van der Waals surface area contributed by atoms with Crippen LogP contribution < -0.4 is 4.74 Å². The third-order valence-electron chi connectivity index (χ3n) is 4.12. The average Bonchev–Trinajstić information content (AvgIpc) is 3.06. The topological polar surface area (TPSA) is 46.6 Å². The highest BCUT2D eigenvalue weighted by Crippen LogP contribution is 2.37. The molecule has 2 aromatic rings. The summed E-state index contributed by atoms with van der Waals surface area (Å²) >= 11 is 3.34. The molecule has 1 heterocycles. The van der Waals surface area contributed by atoms with Crippen LogP contribution in [-0.4, -0.2) is 26.4 Å². The van der Waals surface area contributed by atoms with E-state index in [4.69, 9.17) is 4.74 Å². The molecule has 122 valence electrons. The van der Waals surface area contributed by atoms with Crippen LogP contribution in [0.1, 0.15) is 24.4 Å². The Morgan fingerprint density at radius 2 is 1.74 bits per heavy atom. The first-order chi connectivity index (χ1) is 11.0. The maximum atomic E-state index is 12.9. The molecule has 1 aliphatic rings. The zero-order valence-corrected chi connectivity index (χ0v) is 15.2. The number of hydrogen-bond acceptors (Lipinski definition) is 3. The van der Waals surface area contributed by atoms with Gasteiger partial charge in [-0.25, -0.2) is 8.42 Å². The molecule has 0 aliphatic carbocycles. The Balaban J connectivity index is 1.92. The normalized spacial score (nSPS) is 19.0. The average molecular weight is 396 g/mol. The van der Waals surface area contributed by atoms with Crippen molar-refractivity contribution in [1.82, 2.24) is 4.31 Å². The summed E-state index contributed by atoms with van der Waals surface area (Å²) in [5.41, 5.74) is 1.00. The van der Waals surface area contributed by atoms with Crippen LogP contribution in [0.15, 0.2) is 57.9 Å². The van der Waals surface area contributed by atoms with Gasteiger partial charge in [0.15, 0.2) is 0 Å². The molecule has 0 amide bonds. The lowest BCUT2D eigenvalue weighted by molar-refractivity contribution is 0.394. The Kier molecular flexibility index (Phi) is 4.75. The van der Waals surface area contributed by atoms with Gasteiger partial charge in [0, 0.05) is 11.0 Å². The zero-order valence-electron chi connectivity index (χ0n) is 12.8. The maximum absolute atomic E-state index is 12.9. The monoisotopic (exact) mass is 395 g/mol. The molecule has 0 bridgehead atoms. The van der Waals surface area contributed by atoms with Crippen molar-refractivity contribution >= 4 is 26.0 Å². The minimum atomic E-state index is -3.49. The van der Waals surface area contributed by atoms with E-state index in [2.05, 4.69) is 15.9 Å². The summed E-state index contributed by atoms with van der Waals surface area (Å²) in [5, 5.41) is 0. The molecule has 3 rings (SSSR count). The van der Waals surface area contributed by atoms with Crippen LogP contribution in [0.4, 0.5) is 0 Å². The van der Waals surface area contributed by atoms with E-state index in [1.165, 1.54) is 0 Å². The van der Waals surface area contributed by atoms with Crippen LogP contribution in [0.2, 0.25) is 0 Å². The standard InChI is InChI=1S/C17H18BrNO3S/c1-22-15-8-4-13(5-9-15)17-3-2-12-19(17)23(20,21)16-10-6-14(18)7-11-16/h4-11,17H,2-3,12H2,1H3. The van der Waals surface area contributed by atoms with Crippen LogP contribution in [-0.2, 0) is 10.0 Å². The van der Waals surface area contributed by atoms with E-state index < -0.39 is 10.0 Å². The largest absolute Gasteiger partial charge is 0.497 e. The zero-order chi connectivity index (χ0) is 16.4.